The highest BCUT2D eigenvalue weighted by atomic mass is 32.2. The summed E-state index contributed by atoms with van der Waals surface area (Å²) in [4.78, 5) is 16.9. The Morgan fingerprint density at radius 3 is 2.59 bits per heavy atom. The Bertz CT molecular complexity index is 773. The van der Waals surface area contributed by atoms with Crippen molar-refractivity contribution in [2.45, 2.75) is 58.0 Å². The Balaban J connectivity index is 1.55. The first-order chi connectivity index (χ1) is 13.8. The maximum Gasteiger partial charge on any atom is 0.224 e. The van der Waals surface area contributed by atoms with Crippen LogP contribution in [0.1, 0.15) is 44.1 Å². The average Bonchev–Trinajstić information content (AvgIpc) is 3.11. The highest BCUT2D eigenvalue weighted by molar-refractivity contribution is 7.88. The van der Waals surface area contributed by atoms with Crippen LogP contribution in [-0.2, 0) is 21.4 Å². The van der Waals surface area contributed by atoms with Gasteiger partial charge in [0.15, 0.2) is 0 Å². The maximum atomic E-state index is 12.7. The van der Waals surface area contributed by atoms with Crippen molar-refractivity contribution in [3.63, 3.8) is 0 Å². The van der Waals surface area contributed by atoms with Crippen molar-refractivity contribution >= 4 is 15.9 Å². The summed E-state index contributed by atoms with van der Waals surface area (Å²) in [6.07, 6.45) is 10.7. The van der Waals surface area contributed by atoms with E-state index in [2.05, 4.69) is 10.00 Å². The minimum absolute atomic E-state index is 0.0762. The monoisotopic (exact) mass is 425 g/mol. The van der Waals surface area contributed by atoms with Crippen LogP contribution in [0.3, 0.4) is 0 Å². The molecule has 1 aromatic heterocycles. The molecule has 2 fully saturated rings. The predicted molar refractivity (Wildman–Crippen MR) is 113 cm³/mol. The zero-order valence-corrected chi connectivity index (χ0v) is 18.6. The number of sulfonamides is 1. The third kappa shape index (κ3) is 6.52. The molecule has 0 aliphatic carbocycles. The van der Waals surface area contributed by atoms with Crippen molar-refractivity contribution < 1.29 is 13.2 Å². The van der Waals surface area contributed by atoms with Gasteiger partial charge in [0.25, 0.3) is 0 Å². The summed E-state index contributed by atoms with van der Waals surface area (Å²) in [7, 11) is -3.31. The van der Waals surface area contributed by atoms with Crippen LogP contribution in [0.25, 0.3) is 0 Å². The molecule has 9 heteroatoms. The zero-order valence-electron chi connectivity index (χ0n) is 17.8. The van der Waals surface area contributed by atoms with E-state index in [9.17, 15) is 13.2 Å². The fraction of sp³-hybridized carbons (Fsp3) is 0.800. The lowest BCUT2D eigenvalue weighted by Crippen LogP contribution is -2.53. The Kier molecular flexibility index (Phi) is 7.70. The molecule has 1 amide bonds. The molecule has 1 aromatic rings. The van der Waals surface area contributed by atoms with Gasteiger partial charge in [0.2, 0.25) is 15.9 Å². The number of rotatable bonds is 8. The summed E-state index contributed by atoms with van der Waals surface area (Å²) >= 11 is 0. The van der Waals surface area contributed by atoms with Gasteiger partial charge in [-0.25, -0.2) is 8.42 Å². The van der Waals surface area contributed by atoms with Crippen molar-refractivity contribution in [3.05, 3.63) is 18.0 Å². The van der Waals surface area contributed by atoms with E-state index >= 15 is 0 Å². The lowest BCUT2D eigenvalue weighted by molar-refractivity contribution is -0.133. The number of nitrogens with zero attached hydrogens (tertiary/aromatic N) is 5. The highest BCUT2D eigenvalue weighted by Gasteiger charge is 2.32. The smallest absolute Gasteiger partial charge is 0.224 e. The molecule has 0 saturated carbocycles. The number of amides is 1. The number of carbonyl (C=O) groups is 1. The largest absolute Gasteiger partial charge is 0.341 e. The molecule has 164 valence electrons. The van der Waals surface area contributed by atoms with Gasteiger partial charge in [0.1, 0.15) is 0 Å². The molecule has 0 radical (unpaired) electrons. The van der Waals surface area contributed by atoms with Crippen LogP contribution in [0.2, 0.25) is 0 Å². The first kappa shape index (κ1) is 22.2. The van der Waals surface area contributed by atoms with E-state index in [1.54, 1.807) is 15.2 Å². The number of aromatic nitrogens is 2. The van der Waals surface area contributed by atoms with E-state index in [0.717, 1.165) is 38.0 Å². The summed E-state index contributed by atoms with van der Waals surface area (Å²) in [5.74, 6) is 0.0762. The molecule has 2 aliphatic heterocycles. The first-order valence-corrected chi connectivity index (χ1v) is 12.6. The van der Waals surface area contributed by atoms with Gasteiger partial charge in [-0.3, -0.25) is 9.48 Å². The van der Waals surface area contributed by atoms with Crippen LogP contribution < -0.4 is 0 Å². The van der Waals surface area contributed by atoms with Crippen molar-refractivity contribution in [2.75, 3.05) is 45.5 Å². The number of carbonyl (C=O) groups excluding carboxylic acids is 1. The third-order valence-electron chi connectivity index (χ3n) is 5.98. The predicted octanol–water partition coefficient (Wildman–Crippen LogP) is 1.32. The van der Waals surface area contributed by atoms with Crippen molar-refractivity contribution in [2.24, 2.45) is 0 Å². The van der Waals surface area contributed by atoms with Crippen LogP contribution in [0, 0.1) is 6.92 Å². The number of likely N-dealkylation sites (tertiary alicyclic amines) is 2. The minimum Gasteiger partial charge on any atom is -0.341 e. The van der Waals surface area contributed by atoms with Gasteiger partial charge >= 0.3 is 0 Å². The Morgan fingerprint density at radius 2 is 1.93 bits per heavy atom. The lowest BCUT2D eigenvalue weighted by Gasteiger charge is -2.39. The van der Waals surface area contributed by atoms with Gasteiger partial charge in [-0.2, -0.15) is 9.40 Å². The van der Waals surface area contributed by atoms with E-state index in [1.165, 1.54) is 25.5 Å². The van der Waals surface area contributed by atoms with Gasteiger partial charge in [0.05, 0.1) is 12.5 Å². The third-order valence-corrected chi connectivity index (χ3v) is 7.32. The highest BCUT2D eigenvalue weighted by Crippen LogP contribution is 2.20. The number of aryl methyl sites for hydroxylation is 2. The maximum absolute atomic E-state index is 12.7. The van der Waals surface area contributed by atoms with Crippen LogP contribution in [0.15, 0.2) is 12.4 Å². The standard InChI is InChI=1S/C20H35N5O3S/c1-18-15-21-24(16-18)12-8-20(26)23-11-6-7-19(17-23)25(29(2,27)28)14-13-22-9-4-3-5-10-22/h15-16,19H,3-14,17H2,1-2H3. The average molecular weight is 426 g/mol. The SMILES string of the molecule is Cc1cnn(CCC(=O)N2CCCC(N(CCN3CCCCC3)S(C)(=O)=O)C2)c1. The van der Waals surface area contributed by atoms with Gasteiger partial charge < -0.3 is 9.80 Å². The second-order valence-corrected chi connectivity index (χ2v) is 10.4. The second kappa shape index (κ2) is 10.0. The van der Waals surface area contributed by atoms with Gasteiger partial charge in [-0.15, -0.1) is 0 Å². The summed E-state index contributed by atoms with van der Waals surface area (Å²) in [6, 6.07) is -0.126. The molecule has 0 N–H and O–H groups in total. The quantitative estimate of drug-likeness (QED) is 0.628. The molecule has 2 aliphatic rings. The molecule has 3 rings (SSSR count). The van der Waals surface area contributed by atoms with E-state index in [4.69, 9.17) is 0 Å². The van der Waals surface area contributed by atoms with Gasteiger partial charge in [0, 0.05) is 51.4 Å². The summed E-state index contributed by atoms with van der Waals surface area (Å²) in [5.41, 5.74) is 1.08. The van der Waals surface area contributed by atoms with E-state index in [-0.39, 0.29) is 11.9 Å². The molecule has 2 saturated heterocycles. The van der Waals surface area contributed by atoms with E-state index < -0.39 is 10.0 Å². The minimum atomic E-state index is -3.31. The molecule has 0 aromatic carbocycles. The van der Waals surface area contributed by atoms with Crippen LogP contribution in [0.4, 0.5) is 0 Å². The van der Waals surface area contributed by atoms with E-state index in [0.29, 0.717) is 32.6 Å². The van der Waals surface area contributed by atoms with Crippen molar-refractivity contribution in [1.82, 2.24) is 23.9 Å². The molecule has 3 heterocycles. The Labute approximate surface area is 174 Å². The zero-order chi connectivity index (χ0) is 20.9. The number of piperidine rings is 2. The van der Waals surface area contributed by atoms with Crippen LogP contribution in [-0.4, -0.2) is 89.8 Å². The van der Waals surface area contributed by atoms with Crippen LogP contribution >= 0.6 is 0 Å². The molecular weight excluding hydrogens is 390 g/mol. The first-order valence-electron chi connectivity index (χ1n) is 10.8. The summed E-state index contributed by atoms with van der Waals surface area (Å²) in [5, 5.41) is 4.23. The molecule has 0 bridgehead atoms. The fourth-order valence-electron chi connectivity index (χ4n) is 4.42. The molecular formula is C20H35N5O3S. The molecule has 0 spiro atoms. The normalized spacial score (nSPS) is 21.6. The molecule has 1 atom stereocenters. The second-order valence-electron chi connectivity index (χ2n) is 8.44. The Hall–Kier alpha value is -1.45. The Morgan fingerprint density at radius 1 is 1.17 bits per heavy atom. The van der Waals surface area contributed by atoms with Crippen molar-refractivity contribution in [1.29, 1.82) is 0 Å². The number of hydrogen-bond donors (Lipinski definition) is 0. The number of hydrogen-bond acceptors (Lipinski definition) is 5. The lowest BCUT2D eigenvalue weighted by atomic mass is 10.1. The van der Waals surface area contributed by atoms with E-state index in [1.807, 2.05) is 18.0 Å². The van der Waals surface area contributed by atoms with Gasteiger partial charge in [-0.05, 0) is 51.3 Å². The fourth-order valence-corrected chi connectivity index (χ4v) is 5.54. The molecule has 8 nitrogen and oxygen atoms in total. The van der Waals surface area contributed by atoms with Crippen molar-refractivity contribution in [3.8, 4) is 0 Å². The van der Waals surface area contributed by atoms with Gasteiger partial charge in [-0.1, -0.05) is 6.42 Å². The summed E-state index contributed by atoms with van der Waals surface area (Å²) in [6.45, 7) is 7.12. The molecule has 29 heavy (non-hydrogen) atoms. The molecule has 1 unspecified atom stereocenters. The van der Waals surface area contributed by atoms with Crippen LogP contribution in [0.5, 0.6) is 0 Å². The topological polar surface area (TPSA) is 78.8 Å². The summed E-state index contributed by atoms with van der Waals surface area (Å²) < 4.78 is 28.4.